The molecule has 2 atom stereocenters. The van der Waals surface area contributed by atoms with Crippen LogP contribution in [-0.2, 0) is 0 Å². The summed E-state index contributed by atoms with van der Waals surface area (Å²) in [6.07, 6.45) is 7.07. The summed E-state index contributed by atoms with van der Waals surface area (Å²) in [6.45, 7) is 0. The van der Waals surface area contributed by atoms with Crippen LogP contribution in [0.4, 0.5) is 0 Å². The highest BCUT2D eigenvalue weighted by Gasteiger charge is 2.56. The number of alkyl halides is 1. The molecule has 1 spiro atoms. The summed E-state index contributed by atoms with van der Waals surface area (Å²) in [5.41, 5.74) is 0.120. The molecular formula is C15H16Cl4O. The molecule has 20 heavy (non-hydrogen) atoms. The van der Waals surface area contributed by atoms with Crippen molar-refractivity contribution in [3.8, 4) is 5.75 Å². The van der Waals surface area contributed by atoms with Crippen molar-refractivity contribution in [1.29, 1.82) is 0 Å². The van der Waals surface area contributed by atoms with Crippen LogP contribution in [0.2, 0.25) is 15.1 Å². The zero-order valence-electron chi connectivity index (χ0n) is 11.0. The van der Waals surface area contributed by atoms with E-state index in [-0.39, 0.29) is 16.9 Å². The van der Waals surface area contributed by atoms with Crippen LogP contribution in [0.3, 0.4) is 0 Å². The van der Waals surface area contributed by atoms with Gasteiger partial charge in [0, 0.05) is 23.3 Å². The quantitative estimate of drug-likeness (QED) is 0.444. The van der Waals surface area contributed by atoms with Crippen molar-refractivity contribution in [2.45, 2.75) is 50.0 Å². The summed E-state index contributed by atoms with van der Waals surface area (Å²) < 4.78 is 6.12. The lowest BCUT2D eigenvalue weighted by atomic mass is 9.58. The van der Waals surface area contributed by atoms with Gasteiger partial charge in [0.15, 0.2) is 0 Å². The molecule has 1 aromatic carbocycles. The summed E-state index contributed by atoms with van der Waals surface area (Å²) in [7, 11) is 0. The smallest absolute Gasteiger partial charge is 0.139 e. The zero-order valence-corrected chi connectivity index (χ0v) is 14.0. The maximum absolute atomic E-state index is 6.48. The number of halogens is 4. The largest absolute Gasteiger partial charge is 0.488 e. The Morgan fingerprint density at radius 2 is 1.60 bits per heavy atom. The number of ether oxygens (including phenoxy) is 1. The van der Waals surface area contributed by atoms with Crippen LogP contribution in [0.5, 0.6) is 5.75 Å². The lowest BCUT2D eigenvalue weighted by molar-refractivity contribution is -0.0649. The van der Waals surface area contributed by atoms with Crippen LogP contribution < -0.4 is 4.74 Å². The average molecular weight is 354 g/mol. The van der Waals surface area contributed by atoms with E-state index in [4.69, 9.17) is 51.1 Å². The molecule has 0 radical (unpaired) electrons. The van der Waals surface area contributed by atoms with E-state index in [9.17, 15) is 0 Å². The van der Waals surface area contributed by atoms with Gasteiger partial charge in [0.25, 0.3) is 0 Å². The van der Waals surface area contributed by atoms with Gasteiger partial charge in [-0.2, -0.15) is 0 Å². The van der Waals surface area contributed by atoms with Crippen LogP contribution in [0.25, 0.3) is 0 Å². The second-order valence-corrected chi connectivity index (χ2v) is 7.55. The third-order valence-electron chi connectivity index (χ3n) is 4.71. The maximum Gasteiger partial charge on any atom is 0.139 e. The van der Waals surface area contributed by atoms with Gasteiger partial charge < -0.3 is 4.74 Å². The second-order valence-electron chi connectivity index (χ2n) is 5.80. The Balaban J connectivity index is 1.80. The van der Waals surface area contributed by atoms with Crippen molar-refractivity contribution in [2.24, 2.45) is 5.41 Å². The highest BCUT2D eigenvalue weighted by Crippen LogP contribution is 2.56. The van der Waals surface area contributed by atoms with E-state index >= 15 is 0 Å². The second kappa shape index (κ2) is 5.76. The van der Waals surface area contributed by atoms with Crippen LogP contribution in [-0.4, -0.2) is 11.5 Å². The molecule has 2 fully saturated rings. The molecule has 110 valence electrons. The summed E-state index contributed by atoms with van der Waals surface area (Å²) in [6, 6.07) is 3.33. The fraction of sp³-hybridized carbons (Fsp3) is 0.600. The molecule has 0 heterocycles. The van der Waals surface area contributed by atoms with Crippen LogP contribution in [0, 0.1) is 5.41 Å². The summed E-state index contributed by atoms with van der Waals surface area (Å²) in [5, 5.41) is 1.63. The van der Waals surface area contributed by atoms with Gasteiger partial charge >= 0.3 is 0 Å². The molecule has 0 aliphatic heterocycles. The molecule has 3 rings (SSSR count). The van der Waals surface area contributed by atoms with Gasteiger partial charge in [0.2, 0.25) is 0 Å². The molecule has 2 saturated carbocycles. The third kappa shape index (κ3) is 2.52. The van der Waals surface area contributed by atoms with E-state index in [0.29, 0.717) is 20.8 Å². The van der Waals surface area contributed by atoms with Crippen LogP contribution in [0.1, 0.15) is 38.5 Å². The van der Waals surface area contributed by atoms with E-state index in [1.807, 2.05) is 0 Å². The predicted octanol–water partition coefficient (Wildman–Crippen LogP) is 6.36. The molecule has 0 saturated heterocycles. The van der Waals surface area contributed by atoms with Crippen molar-refractivity contribution >= 4 is 46.4 Å². The minimum Gasteiger partial charge on any atom is -0.488 e. The fourth-order valence-corrected chi connectivity index (χ4v) is 4.56. The van der Waals surface area contributed by atoms with Crippen molar-refractivity contribution in [3.05, 3.63) is 27.2 Å². The molecule has 0 amide bonds. The summed E-state index contributed by atoms with van der Waals surface area (Å²) in [4.78, 5) is 0. The van der Waals surface area contributed by atoms with Gasteiger partial charge in [-0.1, -0.05) is 54.1 Å². The monoisotopic (exact) mass is 352 g/mol. The highest BCUT2D eigenvalue weighted by molar-refractivity contribution is 6.43. The molecule has 2 unspecified atom stereocenters. The number of hydrogen-bond donors (Lipinski definition) is 0. The highest BCUT2D eigenvalue weighted by atomic mass is 35.5. The number of benzene rings is 1. The predicted molar refractivity (Wildman–Crippen MR) is 85.7 cm³/mol. The summed E-state index contributed by atoms with van der Waals surface area (Å²) in [5.74, 6) is 0.611. The normalized spacial score (nSPS) is 28.2. The Labute approximate surface area is 139 Å². The molecule has 2 aliphatic carbocycles. The van der Waals surface area contributed by atoms with E-state index in [1.54, 1.807) is 12.1 Å². The Kier molecular flexibility index (Phi) is 4.34. The Bertz CT molecular complexity index is 511. The molecule has 0 N–H and O–H groups in total. The molecule has 0 bridgehead atoms. The van der Waals surface area contributed by atoms with Crippen molar-refractivity contribution in [2.75, 3.05) is 0 Å². The van der Waals surface area contributed by atoms with Crippen molar-refractivity contribution < 1.29 is 4.74 Å². The van der Waals surface area contributed by atoms with Crippen LogP contribution >= 0.6 is 46.4 Å². The van der Waals surface area contributed by atoms with Gasteiger partial charge in [-0.05, 0) is 18.9 Å². The molecule has 1 aromatic rings. The third-order valence-corrected chi connectivity index (χ3v) is 6.34. The van der Waals surface area contributed by atoms with Gasteiger partial charge in [-0.3, -0.25) is 0 Å². The minimum absolute atomic E-state index is 0.120. The Morgan fingerprint density at radius 3 is 2.25 bits per heavy atom. The standard InChI is InChI=1S/C15H16Cl4O/c16-9-6-11(18)12(7-10(9)17)20-14-8-13(19)15(14)4-2-1-3-5-15/h6-7,13-14H,1-5,8H2. The Hall–Kier alpha value is 0.180. The average Bonchev–Trinajstić information content (AvgIpc) is 2.45. The molecule has 0 aromatic heterocycles. The van der Waals surface area contributed by atoms with Crippen molar-refractivity contribution in [3.63, 3.8) is 0 Å². The van der Waals surface area contributed by atoms with Crippen molar-refractivity contribution in [1.82, 2.24) is 0 Å². The van der Waals surface area contributed by atoms with E-state index in [0.717, 1.165) is 19.3 Å². The first-order valence-corrected chi connectivity index (χ1v) is 8.55. The lowest BCUT2D eigenvalue weighted by Crippen LogP contribution is -2.58. The fourth-order valence-electron chi connectivity index (χ4n) is 3.46. The topological polar surface area (TPSA) is 9.23 Å². The molecular weight excluding hydrogens is 338 g/mol. The van der Waals surface area contributed by atoms with E-state index < -0.39 is 0 Å². The van der Waals surface area contributed by atoms with Gasteiger partial charge in [-0.25, -0.2) is 0 Å². The molecule has 5 heteroatoms. The first kappa shape index (κ1) is 15.1. The minimum atomic E-state index is 0.120. The Morgan fingerprint density at radius 1 is 0.950 bits per heavy atom. The first-order valence-electron chi connectivity index (χ1n) is 6.98. The molecule has 2 aliphatic rings. The van der Waals surface area contributed by atoms with Gasteiger partial charge in [0.05, 0.1) is 15.1 Å². The SMILES string of the molecule is Clc1cc(Cl)c(OC2CC(Cl)C23CCCCC3)cc1Cl. The van der Waals surface area contributed by atoms with E-state index in [2.05, 4.69) is 0 Å². The number of hydrogen-bond acceptors (Lipinski definition) is 1. The molecule has 1 nitrogen and oxygen atoms in total. The van der Waals surface area contributed by atoms with Gasteiger partial charge in [0.1, 0.15) is 11.9 Å². The number of rotatable bonds is 2. The lowest BCUT2D eigenvalue weighted by Gasteiger charge is -2.55. The maximum atomic E-state index is 6.48. The summed E-state index contributed by atoms with van der Waals surface area (Å²) >= 11 is 24.7. The first-order chi connectivity index (χ1) is 9.53. The zero-order chi connectivity index (χ0) is 14.3. The van der Waals surface area contributed by atoms with Crippen LogP contribution in [0.15, 0.2) is 12.1 Å². The van der Waals surface area contributed by atoms with Gasteiger partial charge in [-0.15, -0.1) is 11.6 Å². The van der Waals surface area contributed by atoms with E-state index in [1.165, 1.54) is 19.3 Å².